The normalized spacial score (nSPS) is 17.3. The van der Waals surface area contributed by atoms with E-state index in [2.05, 4.69) is 49.3 Å². The first-order valence-electron chi connectivity index (χ1n) is 15.9. The zero-order valence-corrected chi connectivity index (χ0v) is 31.7. The van der Waals surface area contributed by atoms with Crippen molar-refractivity contribution in [1.29, 1.82) is 0 Å². The summed E-state index contributed by atoms with van der Waals surface area (Å²) in [6.45, 7) is 13.9. The van der Waals surface area contributed by atoms with Crippen molar-refractivity contribution in [2.75, 3.05) is 29.9 Å². The Morgan fingerprint density at radius 3 is 1.94 bits per heavy atom. The standard InChI is InChI=1S/C27H39IN7O6P.C6H6/c1-16-15-32(11-12-33(16)17-9-8-10-17)23(37)22(36)31-19-14-29-21(18-13-30-35(42-28)20(18)19)34(24(38)40-26(2,3)4)25(39)41-27(5,6)7;1-2-4-6-5-3-1/h13-14,16-17,42H,8-12,15H2,1-7H3,(H,31,36);1-6H. The molecule has 2 unspecified atom stereocenters. The van der Waals surface area contributed by atoms with Crippen LogP contribution in [0.5, 0.6) is 0 Å². The van der Waals surface area contributed by atoms with E-state index in [1.807, 2.05) is 36.4 Å². The number of aromatic nitrogens is 3. The highest BCUT2D eigenvalue weighted by molar-refractivity contribution is 14.2. The van der Waals surface area contributed by atoms with Gasteiger partial charge < -0.3 is 19.7 Å². The molecule has 15 heteroatoms. The van der Waals surface area contributed by atoms with Gasteiger partial charge in [0.25, 0.3) is 0 Å². The van der Waals surface area contributed by atoms with E-state index in [4.69, 9.17) is 9.47 Å². The van der Waals surface area contributed by atoms with Gasteiger partial charge in [0, 0.05) is 31.7 Å². The van der Waals surface area contributed by atoms with Gasteiger partial charge in [-0.1, -0.05) is 42.8 Å². The number of nitrogens with one attached hydrogen (secondary N) is 1. The summed E-state index contributed by atoms with van der Waals surface area (Å²) in [6, 6.07) is 12.7. The second-order valence-electron chi connectivity index (χ2n) is 13.7. The number of halogens is 1. The fourth-order valence-electron chi connectivity index (χ4n) is 5.35. The van der Waals surface area contributed by atoms with Gasteiger partial charge >= 0.3 is 24.0 Å². The number of imide groups is 1. The molecule has 2 aromatic heterocycles. The lowest BCUT2D eigenvalue weighted by atomic mass is 9.90. The Labute approximate surface area is 296 Å². The zero-order valence-electron chi connectivity index (χ0n) is 28.5. The van der Waals surface area contributed by atoms with Gasteiger partial charge in [0.2, 0.25) is 0 Å². The molecule has 1 saturated heterocycles. The van der Waals surface area contributed by atoms with Gasteiger partial charge in [0.1, 0.15) is 16.7 Å². The van der Waals surface area contributed by atoms with Crippen molar-refractivity contribution < 1.29 is 28.7 Å². The van der Waals surface area contributed by atoms with Crippen molar-refractivity contribution in [3.05, 3.63) is 48.8 Å². The summed E-state index contributed by atoms with van der Waals surface area (Å²) in [7, 11) is 0. The van der Waals surface area contributed by atoms with E-state index in [0.29, 0.717) is 30.0 Å². The predicted molar refractivity (Wildman–Crippen MR) is 196 cm³/mol. The topological polar surface area (TPSA) is 139 Å². The molecule has 1 saturated carbocycles. The maximum atomic E-state index is 13.3. The summed E-state index contributed by atoms with van der Waals surface area (Å²) < 4.78 is 12.6. The lowest BCUT2D eigenvalue weighted by Gasteiger charge is -2.46. The molecule has 4 amide bonds. The first kappa shape index (κ1) is 37.5. The van der Waals surface area contributed by atoms with E-state index < -0.39 is 35.2 Å². The molecule has 3 heterocycles. The minimum atomic E-state index is -0.975. The molecule has 2 fully saturated rings. The van der Waals surface area contributed by atoms with E-state index in [1.165, 1.54) is 31.7 Å². The Bertz CT molecular complexity index is 1550. The summed E-state index contributed by atoms with van der Waals surface area (Å²) in [5.41, 5.74) is -1.18. The van der Waals surface area contributed by atoms with Crippen LogP contribution in [-0.4, -0.2) is 91.3 Å². The smallest absolute Gasteiger partial charge is 0.425 e. The van der Waals surface area contributed by atoms with Crippen molar-refractivity contribution in [3.8, 4) is 0 Å². The Balaban J connectivity index is 0.000000780. The molecule has 3 aromatic rings. The summed E-state index contributed by atoms with van der Waals surface area (Å²) in [4.78, 5) is 62.0. The van der Waals surface area contributed by atoms with Crippen LogP contribution >= 0.6 is 28.4 Å². The minimum Gasteiger partial charge on any atom is -0.443 e. The molecule has 0 radical (unpaired) electrons. The third kappa shape index (κ3) is 9.63. The number of carbonyl (C=O) groups is 4. The number of anilines is 2. The number of benzene rings is 1. The van der Waals surface area contributed by atoms with Gasteiger partial charge in [0.05, 0.1) is 29.8 Å². The van der Waals surface area contributed by atoms with Crippen molar-refractivity contribution in [2.24, 2.45) is 0 Å². The number of nitrogens with zero attached hydrogens (tertiary/aromatic N) is 6. The number of hydrogen-bond acceptors (Lipinski definition) is 9. The highest BCUT2D eigenvalue weighted by atomic mass is 127. The quantitative estimate of drug-likeness (QED) is 0.176. The number of amides is 4. The van der Waals surface area contributed by atoms with Crippen molar-refractivity contribution in [1.82, 2.24) is 24.3 Å². The average Bonchev–Trinajstić information content (AvgIpc) is 3.42. The monoisotopic (exact) mass is 793 g/mol. The SMILES string of the molecule is CC1CN(C(=O)C(=O)Nc2cnc(N(C(=O)OC(C)(C)C)C(=O)OC(C)(C)C)c3cnn(PI)c23)CCN1C1CCC1.c1ccccc1. The number of fused-ring (bicyclic) bond motifs is 1. The Morgan fingerprint density at radius 1 is 0.917 bits per heavy atom. The maximum Gasteiger partial charge on any atom is 0.425 e. The lowest BCUT2D eigenvalue weighted by molar-refractivity contribution is -0.145. The first-order chi connectivity index (χ1) is 22.6. The van der Waals surface area contributed by atoms with E-state index in [-0.39, 0.29) is 23.9 Å². The highest BCUT2D eigenvalue weighted by Gasteiger charge is 2.37. The molecule has 260 valence electrons. The minimum absolute atomic E-state index is 0.0698. The Hall–Kier alpha value is -3.36. The number of rotatable bonds is 4. The molecule has 1 aliphatic heterocycles. The molecule has 48 heavy (non-hydrogen) atoms. The number of carbonyl (C=O) groups excluding carboxylic acids is 4. The van der Waals surface area contributed by atoms with E-state index in [0.717, 1.165) is 11.4 Å². The number of hydrogen-bond donors (Lipinski definition) is 1. The van der Waals surface area contributed by atoms with Crippen LogP contribution in [0, 0.1) is 0 Å². The second-order valence-corrected chi connectivity index (χ2v) is 15.8. The van der Waals surface area contributed by atoms with Gasteiger partial charge in [0.15, 0.2) is 5.82 Å². The first-order valence-corrected chi connectivity index (χ1v) is 20.0. The maximum absolute atomic E-state index is 13.3. The molecule has 1 aromatic carbocycles. The largest absolute Gasteiger partial charge is 0.443 e. The molecule has 0 bridgehead atoms. The van der Waals surface area contributed by atoms with Gasteiger partial charge in [-0.3, -0.25) is 14.5 Å². The van der Waals surface area contributed by atoms with Gasteiger partial charge in [-0.25, -0.2) is 19.0 Å². The van der Waals surface area contributed by atoms with Crippen molar-refractivity contribution >= 4 is 74.8 Å². The highest BCUT2D eigenvalue weighted by Crippen LogP contribution is 2.37. The van der Waals surface area contributed by atoms with Crippen LogP contribution in [0.1, 0.15) is 67.7 Å². The Morgan fingerprint density at radius 2 is 1.48 bits per heavy atom. The summed E-state index contributed by atoms with van der Waals surface area (Å²) in [6.07, 6.45) is 4.51. The van der Waals surface area contributed by atoms with Crippen LogP contribution in [0.25, 0.3) is 10.9 Å². The van der Waals surface area contributed by atoms with Crippen LogP contribution in [0.4, 0.5) is 21.1 Å². The molecule has 1 N–H and O–H groups in total. The fraction of sp³-hybridized carbons (Fsp3) is 0.515. The van der Waals surface area contributed by atoms with E-state index >= 15 is 0 Å². The van der Waals surface area contributed by atoms with Crippen molar-refractivity contribution in [2.45, 2.75) is 91.0 Å². The average molecular weight is 794 g/mol. The molecular weight excluding hydrogens is 748 g/mol. The third-order valence-electron chi connectivity index (χ3n) is 7.64. The molecular formula is C33H45IN7O6P. The van der Waals surface area contributed by atoms with Gasteiger partial charge in [-0.15, -0.1) is 0 Å². The molecule has 13 nitrogen and oxygen atoms in total. The molecule has 2 atom stereocenters. The van der Waals surface area contributed by atoms with Crippen LogP contribution in [-0.2, 0) is 19.1 Å². The van der Waals surface area contributed by atoms with E-state index in [9.17, 15) is 19.2 Å². The van der Waals surface area contributed by atoms with Gasteiger partial charge in [-0.05, 0) is 83.3 Å². The fourth-order valence-corrected chi connectivity index (χ4v) is 6.87. The molecule has 0 spiro atoms. The second kappa shape index (κ2) is 15.9. The van der Waals surface area contributed by atoms with Crippen LogP contribution in [0.2, 0.25) is 0 Å². The molecule has 1 aliphatic carbocycles. The Kier molecular flexibility index (Phi) is 12.4. The van der Waals surface area contributed by atoms with Gasteiger partial charge in [-0.2, -0.15) is 10.00 Å². The lowest BCUT2D eigenvalue weighted by Crippen LogP contribution is -2.59. The number of ether oxygens (including phenoxy) is 2. The van der Waals surface area contributed by atoms with Crippen molar-refractivity contribution in [3.63, 3.8) is 0 Å². The summed E-state index contributed by atoms with van der Waals surface area (Å²) >= 11 is 2.12. The zero-order chi connectivity index (χ0) is 35.2. The van der Waals surface area contributed by atoms with E-state index in [1.54, 1.807) is 50.9 Å². The van der Waals surface area contributed by atoms with Crippen LogP contribution in [0.3, 0.4) is 0 Å². The van der Waals surface area contributed by atoms with Crippen LogP contribution in [0.15, 0.2) is 48.8 Å². The van der Waals surface area contributed by atoms with Crippen LogP contribution < -0.4 is 10.2 Å². The summed E-state index contributed by atoms with van der Waals surface area (Å²) in [5, 5.41) is 7.37. The molecule has 5 rings (SSSR count). The molecule has 2 aliphatic rings. The number of piperazine rings is 1. The summed E-state index contributed by atoms with van der Waals surface area (Å²) in [5.74, 6) is -1.49. The number of pyridine rings is 1. The third-order valence-corrected chi connectivity index (χ3v) is 9.51. The predicted octanol–water partition coefficient (Wildman–Crippen LogP) is 6.61.